The van der Waals surface area contributed by atoms with Crippen molar-refractivity contribution in [3.05, 3.63) is 94.0 Å². The number of carbonyl (C=O) groups is 4. The van der Waals surface area contributed by atoms with Crippen molar-refractivity contribution in [1.29, 1.82) is 0 Å². The largest absolute Gasteiger partial charge is 0.573 e. The summed E-state index contributed by atoms with van der Waals surface area (Å²) in [5.74, 6) is -3.25. The highest BCUT2D eigenvalue weighted by atomic mass is 19.4. The van der Waals surface area contributed by atoms with Crippen molar-refractivity contribution >= 4 is 29.1 Å². The molecule has 3 N–H and O–H groups in total. The molecule has 11 heteroatoms. The summed E-state index contributed by atoms with van der Waals surface area (Å²) < 4.78 is 46.5. The number of ketones is 2. The van der Waals surface area contributed by atoms with Crippen molar-refractivity contribution in [3.63, 3.8) is 0 Å². The van der Waals surface area contributed by atoms with Crippen molar-refractivity contribution < 1.29 is 41.8 Å². The van der Waals surface area contributed by atoms with Crippen LogP contribution in [0.15, 0.2) is 60.7 Å². The summed E-state index contributed by atoms with van der Waals surface area (Å²) in [6.07, 6.45) is -4.90. The Bertz CT molecular complexity index is 1400. The number of nitrogen functional groups attached to an aromatic ring is 1. The first-order valence-corrected chi connectivity index (χ1v) is 10.4. The monoisotopic (exact) mass is 498 g/mol. The summed E-state index contributed by atoms with van der Waals surface area (Å²) in [4.78, 5) is 50.3. The van der Waals surface area contributed by atoms with Crippen LogP contribution in [0.1, 0.15) is 47.8 Å². The zero-order valence-electron chi connectivity index (χ0n) is 18.3. The van der Waals surface area contributed by atoms with Crippen LogP contribution in [0.3, 0.4) is 0 Å². The van der Waals surface area contributed by atoms with Crippen LogP contribution in [0.25, 0.3) is 0 Å². The molecule has 36 heavy (non-hydrogen) atoms. The van der Waals surface area contributed by atoms with E-state index in [1.54, 1.807) is 12.1 Å². The number of anilines is 1. The van der Waals surface area contributed by atoms with Gasteiger partial charge in [-0.3, -0.25) is 14.4 Å². The summed E-state index contributed by atoms with van der Waals surface area (Å²) >= 11 is 0. The van der Waals surface area contributed by atoms with Gasteiger partial charge in [-0.1, -0.05) is 42.5 Å². The number of ether oxygens (including phenoxy) is 2. The number of fused-ring (bicyclic) bond motifs is 2. The second-order valence-corrected chi connectivity index (χ2v) is 7.66. The number of rotatable bonds is 6. The van der Waals surface area contributed by atoms with E-state index in [9.17, 15) is 32.3 Å². The number of nitrogens with one attached hydrogen (secondary N) is 1. The zero-order valence-corrected chi connectivity index (χ0v) is 18.3. The smallest absolute Gasteiger partial charge is 0.452 e. The van der Waals surface area contributed by atoms with Gasteiger partial charge in [-0.05, 0) is 18.2 Å². The van der Waals surface area contributed by atoms with E-state index in [4.69, 9.17) is 10.5 Å². The van der Waals surface area contributed by atoms with Gasteiger partial charge in [0.1, 0.15) is 5.75 Å². The van der Waals surface area contributed by atoms with Crippen molar-refractivity contribution in [2.75, 3.05) is 12.3 Å². The van der Waals surface area contributed by atoms with E-state index in [2.05, 4.69) is 10.1 Å². The number of nitrogens with two attached hydrogens (primary N) is 1. The van der Waals surface area contributed by atoms with Crippen LogP contribution in [0.2, 0.25) is 0 Å². The summed E-state index contributed by atoms with van der Waals surface area (Å²) in [5.41, 5.74) is 5.92. The Labute approximate surface area is 201 Å². The number of hydrogen-bond donors (Lipinski definition) is 2. The molecule has 0 unspecified atom stereocenters. The van der Waals surface area contributed by atoms with Gasteiger partial charge in [-0.25, -0.2) is 4.79 Å². The Hall–Kier alpha value is -4.67. The average molecular weight is 498 g/mol. The number of carbonyl (C=O) groups excluding carboxylic acids is 4. The van der Waals surface area contributed by atoms with Crippen molar-refractivity contribution in [2.45, 2.75) is 12.9 Å². The maximum atomic E-state index is 12.9. The first kappa shape index (κ1) is 24.5. The van der Waals surface area contributed by atoms with Gasteiger partial charge in [0, 0.05) is 28.8 Å². The van der Waals surface area contributed by atoms with Gasteiger partial charge in [0.2, 0.25) is 0 Å². The summed E-state index contributed by atoms with van der Waals surface area (Å²) in [5, 5.41) is 2.33. The number of amides is 1. The van der Waals surface area contributed by atoms with E-state index in [1.165, 1.54) is 42.5 Å². The summed E-state index contributed by atoms with van der Waals surface area (Å²) in [6, 6.07) is 14.0. The molecule has 0 aliphatic heterocycles. The van der Waals surface area contributed by atoms with Gasteiger partial charge in [-0.15, -0.1) is 13.2 Å². The molecule has 3 aromatic rings. The molecule has 8 nitrogen and oxygen atoms in total. The lowest BCUT2D eigenvalue weighted by Crippen LogP contribution is -2.29. The molecule has 0 fully saturated rings. The highest BCUT2D eigenvalue weighted by molar-refractivity contribution is 6.30. The number of hydrogen-bond acceptors (Lipinski definition) is 7. The molecule has 3 aromatic carbocycles. The van der Waals surface area contributed by atoms with Crippen LogP contribution in [0, 0.1) is 0 Å². The number of para-hydroxylation sites is 1. The molecule has 0 radical (unpaired) electrons. The van der Waals surface area contributed by atoms with Crippen molar-refractivity contribution in [3.8, 4) is 5.75 Å². The molecule has 0 saturated heterocycles. The second kappa shape index (κ2) is 9.53. The van der Waals surface area contributed by atoms with Gasteiger partial charge >= 0.3 is 12.3 Å². The normalized spacial score (nSPS) is 12.4. The number of alkyl halides is 3. The first-order valence-electron chi connectivity index (χ1n) is 10.4. The Morgan fingerprint density at radius 1 is 0.861 bits per heavy atom. The topological polar surface area (TPSA) is 125 Å². The van der Waals surface area contributed by atoms with Crippen molar-refractivity contribution in [2.24, 2.45) is 0 Å². The summed E-state index contributed by atoms with van der Waals surface area (Å²) in [7, 11) is 0. The quantitative estimate of drug-likeness (QED) is 0.308. The molecule has 0 spiro atoms. The molecule has 0 aromatic heterocycles. The van der Waals surface area contributed by atoms with Gasteiger partial charge in [-0.2, -0.15) is 0 Å². The van der Waals surface area contributed by atoms with E-state index in [0.29, 0.717) is 0 Å². The van der Waals surface area contributed by atoms with Crippen LogP contribution >= 0.6 is 0 Å². The number of esters is 1. The summed E-state index contributed by atoms with van der Waals surface area (Å²) in [6.45, 7) is -1.09. The zero-order chi connectivity index (χ0) is 26.0. The molecular weight excluding hydrogens is 481 g/mol. The lowest BCUT2D eigenvalue weighted by Gasteiger charge is -2.20. The number of benzene rings is 3. The maximum absolute atomic E-state index is 12.9. The molecule has 0 saturated carbocycles. The van der Waals surface area contributed by atoms with E-state index >= 15 is 0 Å². The van der Waals surface area contributed by atoms with E-state index < -0.39 is 42.2 Å². The highest BCUT2D eigenvalue weighted by Crippen LogP contribution is 2.33. The molecule has 0 atom stereocenters. The molecule has 184 valence electrons. The second-order valence-electron chi connectivity index (χ2n) is 7.66. The maximum Gasteiger partial charge on any atom is 0.573 e. The predicted octanol–water partition coefficient (Wildman–Crippen LogP) is 3.42. The Morgan fingerprint density at radius 3 is 2.19 bits per heavy atom. The van der Waals surface area contributed by atoms with Crippen LogP contribution < -0.4 is 15.8 Å². The van der Waals surface area contributed by atoms with Gasteiger partial charge in [0.15, 0.2) is 18.2 Å². The standard InChI is InChI=1S/C25H17F3N2O6/c26-25(27,28)36-18-8-4-1-5-13(18)11-30-19(31)12-35-24(34)17-10-9-16-20(21(17)29)23(33)15-7-3-2-6-14(15)22(16)32/h1-10H,11-12,29H2,(H,30,31). The van der Waals surface area contributed by atoms with E-state index in [-0.39, 0.29) is 45.6 Å². The SMILES string of the molecule is Nc1c(C(=O)OCC(=O)NCc2ccccc2OC(F)(F)F)ccc2c1C(=O)c1ccccc1C2=O. The Kier molecular flexibility index (Phi) is 6.47. The lowest BCUT2D eigenvalue weighted by atomic mass is 9.82. The van der Waals surface area contributed by atoms with Crippen LogP contribution in [-0.2, 0) is 16.1 Å². The third-order valence-electron chi connectivity index (χ3n) is 5.36. The van der Waals surface area contributed by atoms with Gasteiger partial charge in [0.05, 0.1) is 16.8 Å². The Balaban J connectivity index is 1.42. The highest BCUT2D eigenvalue weighted by Gasteiger charge is 2.33. The minimum Gasteiger partial charge on any atom is -0.452 e. The van der Waals surface area contributed by atoms with E-state index in [1.807, 2.05) is 0 Å². The fourth-order valence-electron chi connectivity index (χ4n) is 3.72. The number of halogens is 3. The van der Waals surface area contributed by atoms with Gasteiger partial charge in [0.25, 0.3) is 5.91 Å². The first-order chi connectivity index (χ1) is 17.1. The molecule has 0 heterocycles. The third kappa shape index (κ3) is 4.90. The minimum absolute atomic E-state index is 0.0465. The molecule has 4 rings (SSSR count). The minimum atomic E-state index is -4.90. The average Bonchev–Trinajstić information content (AvgIpc) is 2.84. The Morgan fingerprint density at radius 2 is 1.50 bits per heavy atom. The lowest BCUT2D eigenvalue weighted by molar-refractivity contribution is -0.274. The third-order valence-corrected chi connectivity index (χ3v) is 5.36. The molecular formula is C25H17F3N2O6. The molecule has 1 aliphatic carbocycles. The van der Waals surface area contributed by atoms with E-state index in [0.717, 1.165) is 6.07 Å². The predicted molar refractivity (Wildman–Crippen MR) is 119 cm³/mol. The molecule has 0 bridgehead atoms. The fraction of sp³-hybridized carbons (Fsp3) is 0.120. The van der Waals surface area contributed by atoms with Crippen LogP contribution in [-0.4, -0.2) is 36.4 Å². The van der Waals surface area contributed by atoms with Gasteiger partial charge < -0.3 is 20.5 Å². The molecule has 1 aliphatic rings. The molecule has 1 amide bonds. The fourth-order valence-corrected chi connectivity index (χ4v) is 3.72. The van der Waals surface area contributed by atoms with Crippen LogP contribution in [0.4, 0.5) is 18.9 Å². The van der Waals surface area contributed by atoms with Crippen molar-refractivity contribution in [1.82, 2.24) is 5.32 Å². The van der Waals surface area contributed by atoms with Crippen LogP contribution in [0.5, 0.6) is 5.75 Å².